The summed E-state index contributed by atoms with van der Waals surface area (Å²) in [5, 5.41) is 17.5. The highest BCUT2D eigenvalue weighted by atomic mass is 16.4. The molecule has 0 aliphatic carbocycles. The fraction of sp³-hybridized carbons (Fsp3) is 0.222. The summed E-state index contributed by atoms with van der Waals surface area (Å²) in [6.07, 6.45) is 0.273. The first-order valence-corrected chi connectivity index (χ1v) is 3.86. The van der Waals surface area contributed by atoms with Crippen molar-refractivity contribution in [3.63, 3.8) is 0 Å². The van der Waals surface area contributed by atoms with Gasteiger partial charge in [-0.05, 0) is 24.1 Å². The molecule has 0 bridgehead atoms. The molecule has 0 saturated carbocycles. The fourth-order valence-corrected chi connectivity index (χ4v) is 0.973. The van der Waals surface area contributed by atoms with E-state index >= 15 is 0 Å². The first kappa shape index (κ1) is 12.4. The number of nitrogens with two attached hydrogens (primary N) is 1. The van der Waals surface area contributed by atoms with Crippen molar-refractivity contribution in [2.75, 3.05) is 0 Å². The number of aromatic hydroxyl groups is 1. The van der Waals surface area contributed by atoms with Gasteiger partial charge in [-0.25, -0.2) is 0 Å². The van der Waals surface area contributed by atoms with Crippen LogP contribution >= 0.6 is 0 Å². The Morgan fingerprint density at radius 3 is 2.29 bits per heavy atom. The van der Waals surface area contributed by atoms with Crippen molar-refractivity contribution in [3.05, 3.63) is 29.8 Å². The number of phenolic OH excluding ortho intramolecular Hbond substituents is 1. The second kappa shape index (κ2) is 5.21. The van der Waals surface area contributed by atoms with Gasteiger partial charge in [0.05, 0.1) is 0 Å². The molecule has 1 aromatic carbocycles. The standard InChI is InChI=1S/C9H11NO3.H3N/c10-8(9(12)13)5-6-1-3-7(11)4-2-6;/h1-4,8,11H,5,10H2,(H,12,13);1H3. The van der Waals surface area contributed by atoms with Gasteiger partial charge < -0.3 is 22.1 Å². The minimum atomic E-state index is -1.02. The lowest BCUT2D eigenvalue weighted by Gasteiger charge is -2.05. The van der Waals surface area contributed by atoms with E-state index in [-0.39, 0.29) is 18.3 Å². The molecule has 0 aliphatic rings. The zero-order valence-electron chi connectivity index (χ0n) is 7.68. The van der Waals surface area contributed by atoms with Gasteiger partial charge in [-0.15, -0.1) is 0 Å². The van der Waals surface area contributed by atoms with E-state index in [9.17, 15) is 4.79 Å². The molecule has 0 aliphatic heterocycles. The normalized spacial score (nSPS) is 11.5. The second-order valence-electron chi connectivity index (χ2n) is 2.82. The van der Waals surface area contributed by atoms with Gasteiger partial charge in [0, 0.05) is 0 Å². The third kappa shape index (κ3) is 3.42. The minimum Gasteiger partial charge on any atom is -0.508 e. The Balaban J connectivity index is 0.00000169. The molecular formula is C9H14N2O3. The maximum atomic E-state index is 10.4. The molecule has 0 aromatic heterocycles. The largest absolute Gasteiger partial charge is 0.508 e. The Hall–Kier alpha value is -1.59. The number of rotatable bonds is 3. The maximum absolute atomic E-state index is 10.4. The van der Waals surface area contributed by atoms with Gasteiger partial charge in [0.15, 0.2) is 0 Å². The van der Waals surface area contributed by atoms with Crippen LogP contribution in [0, 0.1) is 0 Å². The summed E-state index contributed by atoms with van der Waals surface area (Å²) >= 11 is 0. The molecule has 0 spiro atoms. The van der Waals surface area contributed by atoms with Crippen LogP contribution in [-0.2, 0) is 11.2 Å². The molecular weight excluding hydrogens is 184 g/mol. The molecule has 0 amide bonds. The first-order chi connectivity index (χ1) is 6.09. The summed E-state index contributed by atoms with van der Waals surface area (Å²) in [7, 11) is 0. The van der Waals surface area contributed by atoms with E-state index in [0.29, 0.717) is 0 Å². The van der Waals surface area contributed by atoms with Crippen molar-refractivity contribution in [1.29, 1.82) is 0 Å². The van der Waals surface area contributed by atoms with E-state index in [1.807, 2.05) is 0 Å². The molecule has 1 atom stereocenters. The second-order valence-corrected chi connectivity index (χ2v) is 2.82. The van der Waals surface area contributed by atoms with E-state index in [2.05, 4.69) is 0 Å². The lowest BCUT2D eigenvalue weighted by atomic mass is 10.1. The monoisotopic (exact) mass is 198 g/mol. The van der Waals surface area contributed by atoms with Crippen molar-refractivity contribution in [2.45, 2.75) is 12.5 Å². The Morgan fingerprint density at radius 2 is 1.86 bits per heavy atom. The average molecular weight is 198 g/mol. The van der Waals surface area contributed by atoms with E-state index in [1.54, 1.807) is 12.1 Å². The molecule has 0 heterocycles. The molecule has 14 heavy (non-hydrogen) atoms. The van der Waals surface area contributed by atoms with Crippen LogP contribution in [0.2, 0.25) is 0 Å². The maximum Gasteiger partial charge on any atom is 0.320 e. The summed E-state index contributed by atoms with van der Waals surface area (Å²) in [5.41, 5.74) is 6.12. The van der Waals surface area contributed by atoms with Crippen molar-refractivity contribution >= 4 is 5.97 Å². The lowest BCUT2D eigenvalue weighted by molar-refractivity contribution is -0.138. The average Bonchev–Trinajstić information content (AvgIpc) is 2.08. The predicted molar refractivity (Wildman–Crippen MR) is 52.4 cm³/mol. The Bertz CT molecular complexity index is 297. The Labute approximate surface area is 81.8 Å². The molecule has 1 aromatic rings. The molecule has 0 fully saturated rings. The quantitative estimate of drug-likeness (QED) is 0.564. The van der Waals surface area contributed by atoms with Crippen LogP contribution in [0.15, 0.2) is 24.3 Å². The van der Waals surface area contributed by atoms with Gasteiger partial charge in [0.2, 0.25) is 0 Å². The number of carboxylic acids is 1. The van der Waals surface area contributed by atoms with Crippen LogP contribution in [0.4, 0.5) is 0 Å². The Kier molecular flexibility index (Phi) is 4.62. The number of carbonyl (C=O) groups is 1. The number of benzene rings is 1. The van der Waals surface area contributed by atoms with Gasteiger partial charge in [0.1, 0.15) is 11.8 Å². The zero-order chi connectivity index (χ0) is 9.84. The van der Waals surface area contributed by atoms with Crippen molar-refractivity contribution < 1.29 is 15.0 Å². The molecule has 0 saturated heterocycles. The predicted octanol–water partition coefficient (Wildman–Crippen LogP) is 0.509. The Morgan fingerprint density at radius 1 is 1.36 bits per heavy atom. The van der Waals surface area contributed by atoms with Crippen LogP contribution in [0.25, 0.3) is 0 Å². The molecule has 0 radical (unpaired) electrons. The molecule has 5 nitrogen and oxygen atoms in total. The van der Waals surface area contributed by atoms with Crippen molar-refractivity contribution in [2.24, 2.45) is 5.73 Å². The fourth-order valence-electron chi connectivity index (χ4n) is 0.973. The van der Waals surface area contributed by atoms with Gasteiger partial charge in [-0.3, -0.25) is 4.79 Å². The van der Waals surface area contributed by atoms with E-state index in [4.69, 9.17) is 15.9 Å². The topological polar surface area (TPSA) is 119 Å². The summed E-state index contributed by atoms with van der Waals surface area (Å²) in [6, 6.07) is 5.42. The summed E-state index contributed by atoms with van der Waals surface area (Å²) in [6.45, 7) is 0. The van der Waals surface area contributed by atoms with Crippen LogP contribution in [-0.4, -0.2) is 22.2 Å². The number of aliphatic carboxylic acids is 1. The van der Waals surface area contributed by atoms with Crippen molar-refractivity contribution in [1.82, 2.24) is 6.15 Å². The number of phenols is 1. The number of hydrogen-bond donors (Lipinski definition) is 4. The highest BCUT2D eigenvalue weighted by Crippen LogP contribution is 2.10. The number of carboxylic acid groups (broad SMARTS) is 1. The molecule has 1 rings (SSSR count). The highest BCUT2D eigenvalue weighted by Gasteiger charge is 2.11. The van der Waals surface area contributed by atoms with Gasteiger partial charge in [-0.2, -0.15) is 0 Å². The molecule has 78 valence electrons. The van der Waals surface area contributed by atoms with Crippen molar-refractivity contribution in [3.8, 4) is 5.75 Å². The highest BCUT2D eigenvalue weighted by molar-refractivity contribution is 5.73. The summed E-state index contributed by atoms with van der Waals surface area (Å²) in [4.78, 5) is 10.4. The molecule has 5 heteroatoms. The lowest BCUT2D eigenvalue weighted by Crippen LogP contribution is -2.32. The number of hydrogen-bond acceptors (Lipinski definition) is 4. The smallest absolute Gasteiger partial charge is 0.320 e. The molecule has 7 N–H and O–H groups in total. The van der Waals surface area contributed by atoms with Gasteiger partial charge in [0.25, 0.3) is 0 Å². The van der Waals surface area contributed by atoms with E-state index in [0.717, 1.165) is 5.56 Å². The van der Waals surface area contributed by atoms with Crippen LogP contribution in [0.1, 0.15) is 5.56 Å². The third-order valence-corrected chi connectivity index (χ3v) is 1.71. The summed E-state index contributed by atoms with van der Waals surface area (Å²) in [5.74, 6) is -0.860. The third-order valence-electron chi connectivity index (χ3n) is 1.71. The van der Waals surface area contributed by atoms with Crippen LogP contribution in [0.5, 0.6) is 5.75 Å². The molecule has 1 unspecified atom stereocenters. The minimum absolute atomic E-state index is 0. The first-order valence-electron chi connectivity index (χ1n) is 3.86. The van der Waals surface area contributed by atoms with Crippen LogP contribution < -0.4 is 11.9 Å². The van der Waals surface area contributed by atoms with Crippen LogP contribution in [0.3, 0.4) is 0 Å². The van der Waals surface area contributed by atoms with E-state index < -0.39 is 12.0 Å². The van der Waals surface area contributed by atoms with E-state index in [1.165, 1.54) is 12.1 Å². The summed E-state index contributed by atoms with van der Waals surface area (Å²) < 4.78 is 0. The van der Waals surface area contributed by atoms with Gasteiger partial charge >= 0.3 is 5.97 Å². The SMILES string of the molecule is N.NC(Cc1ccc(O)cc1)C(=O)O. The van der Waals surface area contributed by atoms with Gasteiger partial charge in [-0.1, -0.05) is 12.1 Å². The zero-order valence-corrected chi connectivity index (χ0v) is 7.68.